The summed E-state index contributed by atoms with van der Waals surface area (Å²) in [5.41, 5.74) is 0.962. The number of hydrogen-bond donors (Lipinski definition) is 0. The molecule has 0 aromatic heterocycles. The topological polar surface area (TPSA) is 49.9 Å². The fraction of sp³-hybridized carbons (Fsp3) is 0.500. The highest BCUT2D eigenvalue weighted by molar-refractivity contribution is 5.79. The van der Waals surface area contributed by atoms with Gasteiger partial charge in [0.1, 0.15) is 6.61 Å². The first-order valence-electron chi connectivity index (χ1n) is 7.24. The van der Waals surface area contributed by atoms with Gasteiger partial charge in [-0.3, -0.25) is 4.79 Å². The summed E-state index contributed by atoms with van der Waals surface area (Å²) in [6, 6.07) is 9.59. The molecule has 2 rings (SSSR count). The Morgan fingerprint density at radius 3 is 2.67 bits per heavy atom. The van der Waals surface area contributed by atoms with E-state index in [4.69, 9.17) is 4.74 Å². The van der Waals surface area contributed by atoms with Crippen molar-refractivity contribution >= 4 is 12.0 Å². The summed E-state index contributed by atoms with van der Waals surface area (Å²) in [6.45, 7) is 1.37. The fourth-order valence-corrected chi connectivity index (χ4v) is 2.52. The van der Waals surface area contributed by atoms with E-state index in [2.05, 4.69) is 0 Å². The number of carbonyl (C=O) groups excluding carboxylic acids is 2. The van der Waals surface area contributed by atoms with Crippen LogP contribution < -0.4 is 0 Å². The molecule has 1 aromatic rings. The standard InChI is InChI=1S/C16H22N2O3/c1-17(2)15(19)14-9-6-10-18(11-14)16(20)21-12-13-7-4-3-5-8-13/h3-5,7-8,14H,6,9-12H2,1-2H3/t14-/m0/s1. The van der Waals surface area contributed by atoms with Gasteiger partial charge in [-0.05, 0) is 18.4 Å². The third kappa shape index (κ3) is 4.21. The molecule has 1 heterocycles. The summed E-state index contributed by atoms with van der Waals surface area (Å²) in [4.78, 5) is 27.3. The maximum atomic E-state index is 12.1. The quantitative estimate of drug-likeness (QED) is 0.857. The van der Waals surface area contributed by atoms with Crippen molar-refractivity contribution in [3.8, 4) is 0 Å². The van der Waals surface area contributed by atoms with E-state index < -0.39 is 0 Å². The number of rotatable bonds is 3. The van der Waals surface area contributed by atoms with Crippen LogP contribution >= 0.6 is 0 Å². The third-order valence-corrected chi connectivity index (χ3v) is 3.67. The Hall–Kier alpha value is -2.04. The highest BCUT2D eigenvalue weighted by Gasteiger charge is 2.29. The first-order valence-corrected chi connectivity index (χ1v) is 7.24. The van der Waals surface area contributed by atoms with Crippen molar-refractivity contribution in [2.45, 2.75) is 19.4 Å². The zero-order chi connectivity index (χ0) is 15.2. The molecule has 2 amide bonds. The minimum absolute atomic E-state index is 0.0792. The molecule has 5 heteroatoms. The summed E-state index contributed by atoms with van der Waals surface area (Å²) in [5.74, 6) is -0.0337. The second kappa shape index (κ2) is 7.11. The number of nitrogens with zero attached hydrogens (tertiary/aromatic N) is 2. The van der Waals surface area contributed by atoms with E-state index in [1.807, 2.05) is 30.3 Å². The monoisotopic (exact) mass is 290 g/mol. The fourth-order valence-electron chi connectivity index (χ4n) is 2.52. The lowest BCUT2D eigenvalue weighted by Gasteiger charge is -2.32. The first kappa shape index (κ1) is 15.4. The number of carbonyl (C=O) groups is 2. The van der Waals surface area contributed by atoms with Gasteiger partial charge in [-0.2, -0.15) is 0 Å². The van der Waals surface area contributed by atoms with Gasteiger partial charge in [0.05, 0.1) is 5.92 Å². The molecule has 114 valence electrons. The summed E-state index contributed by atoms with van der Waals surface area (Å²) in [7, 11) is 3.49. The van der Waals surface area contributed by atoms with E-state index in [0.717, 1.165) is 18.4 Å². The smallest absolute Gasteiger partial charge is 0.410 e. The molecular weight excluding hydrogens is 268 g/mol. The molecule has 1 aromatic carbocycles. The molecule has 1 aliphatic rings. The molecule has 0 unspecified atom stereocenters. The molecular formula is C16H22N2O3. The molecule has 0 bridgehead atoms. The van der Waals surface area contributed by atoms with Crippen molar-refractivity contribution in [1.82, 2.24) is 9.80 Å². The summed E-state index contributed by atoms with van der Waals surface area (Å²) in [5, 5.41) is 0. The lowest BCUT2D eigenvalue weighted by Crippen LogP contribution is -2.45. The number of hydrogen-bond acceptors (Lipinski definition) is 3. The maximum absolute atomic E-state index is 12.1. The van der Waals surface area contributed by atoms with E-state index in [0.29, 0.717) is 13.1 Å². The van der Waals surface area contributed by atoms with Crippen LogP contribution in [0.5, 0.6) is 0 Å². The van der Waals surface area contributed by atoms with Crippen LogP contribution in [0.4, 0.5) is 4.79 Å². The van der Waals surface area contributed by atoms with E-state index >= 15 is 0 Å². The van der Waals surface area contributed by atoms with Gasteiger partial charge in [0.2, 0.25) is 5.91 Å². The second-order valence-electron chi connectivity index (χ2n) is 5.56. The van der Waals surface area contributed by atoms with E-state index in [-0.39, 0.29) is 24.5 Å². The van der Waals surface area contributed by atoms with Gasteiger partial charge < -0.3 is 14.5 Å². The molecule has 5 nitrogen and oxygen atoms in total. The Labute approximate surface area is 125 Å². The summed E-state index contributed by atoms with van der Waals surface area (Å²) < 4.78 is 5.32. The van der Waals surface area contributed by atoms with Crippen LogP contribution in [0.1, 0.15) is 18.4 Å². The van der Waals surface area contributed by atoms with Crippen molar-refractivity contribution in [3.63, 3.8) is 0 Å². The average Bonchev–Trinajstić information content (AvgIpc) is 2.53. The Balaban J connectivity index is 1.86. The van der Waals surface area contributed by atoms with Gasteiger partial charge in [0.25, 0.3) is 0 Å². The lowest BCUT2D eigenvalue weighted by molar-refractivity contribution is -0.134. The Morgan fingerprint density at radius 2 is 2.00 bits per heavy atom. The van der Waals surface area contributed by atoms with Crippen LogP contribution in [0.2, 0.25) is 0 Å². The minimum Gasteiger partial charge on any atom is -0.445 e. The highest BCUT2D eigenvalue weighted by Crippen LogP contribution is 2.19. The molecule has 0 aliphatic carbocycles. The number of piperidine rings is 1. The largest absolute Gasteiger partial charge is 0.445 e. The van der Waals surface area contributed by atoms with Gasteiger partial charge >= 0.3 is 6.09 Å². The first-order chi connectivity index (χ1) is 10.1. The summed E-state index contributed by atoms with van der Waals surface area (Å²) >= 11 is 0. The van der Waals surface area contributed by atoms with Crippen LogP contribution in [-0.2, 0) is 16.1 Å². The Kier molecular flexibility index (Phi) is 5.20. The SMILES string of the molecule is CN(C)C(=O)[C@H]1CCCN(C(=O)OCc2ccccc2)C1. The van der Waals surface area contributed by atoms with Crippen molar-refractivity contribution in [1.29, 1.82) is 0 Å². The van der Waals surface area contributed by atoms with Crippen LogP contribution in [-0.4, -0.2) is 49.0 Å². The molecule has 0 spiro atoms. The zero-order valence-corrected chi connectivity index (χ0v) is 12.6. The number of benzene rings is 1. The van der Waals surface area contributed by atoms with Crippen LogP contribution in [0.25, 0.3) is 0 Å². The van der Waals surface area contributed by atoms with E-state index in [9.17, 15) is 9.59 Å². The van der Waals surface area contributed by atoms with Gasteiger partial charge in [-0.1, -0.05) is 30.3 Å². The molecule has 1 atom stereocenters. The molecule has 1 fully saturated rings. The Bertz CT molecular complexity index is 488. The van der Waals surface area contributed by atoms with Gasteiger partial charge in [0.15, 0.2) is 0 Å². The second-order valence-corrected chi connectivity index (χ2v) is 5.56. The maximum Gasteiger partial charge on any atom is 0.410 e. The normalized spacial score (nSPS) is 18.2. The Morgan fingerprint density at radius 1 is 1.29 bits per heavy atom. The van der Waals surface area contributed by atoms with Crippen molar-refractivity contribution in [3.05, 3.63) is 35.9 Å². The molecule has 0 radical (unpaired) electrons. The average molecular weight is 290 g/mol. The predicted octanol–water partition coefficient (Wildman–Crippen LogP) is 2.12. The number of ether oxygens (including phenoxy) is 1. The number of likely N-dealkylation sites (tertiary alicyclic amines) is 1. The third-order valence-electron chi connectivity index (χ3n) is 3.67. The van der Waals surface area contributed by atoms with Crippen LogP contribution in [0.3, 0.4) is 0 Å². The van der Waals surface area contributed by atoms with Gasteiger partial charge in [-0.25, -0.2) is 4.79 Å². The van der Waals surface area contributed by atoms with Crippen LogP contribution in [0, 0.1) is 5.92 Å². The molecule has 0 N–H and O–H groups in total. The van der Waals surface area contributed by atoms with Crippen molar-refractivity contribution < 1.29 is 14.3 Å². The zero-order valence-electron chi connectivity index (χ0n) is 12.6. The van der Waals surface area contributed by atoms with Gasteiger partial charge in [-0.15, -0.1) is 0 Å². The predicted molar refractivity (Wildman–Crippen MR) is 79.6 cm³/mol. The van der Waals surface area contributed by atoms with E-state index in [1.54, 1.807) is 23.9 Å². The van der Waals surface area contributed by atoms with Crippen molar-refractivity contribution in [2.75, 3.05) is 27.2 Å². The molecule has 1 saturated heterocycles. The van der Waals surface area contributed by atoms with Crippen LogP contribution in [0.15, 0.2) is 30.3 Å². The summed E-state index contributed by atoms with van der Waals surface area (Å²) in [6.07, 6.45) is 1.33. The molecule has 0 saturated carbocycles. The lowest BCUT2D eigenvalue weighted by atomic mass is 9.97. The minimum atomic E-state index is -0.338. The highest BCUT2D eigenvalue weighted by atomic mass is 16.6. The molecule has 1 aliphatic heterocycles. The van der Waals surface area contributed by atoms with E-state index in [1.165, 1.54) is 0 Å². The molecule has 21 heavy (non-hydrogen) atoms. The number of amides is 2. The van der Waals surface area contributed by atoms with Gasteiger partial charge in [0, 0.05) is 27.2 Å². The van der Waals surface area contributed by atoms with Crippen molar-refractivity contribution in [2.24, 2.45) is 5.92 Å².